The van der Waals surface area contributed by atoms with E-state index in [0.717, 1.165) is 32.6 Å². The van der Waals surface area contributed by atoms with Crippen LogP contribution in [0.4, 0.5) is 5.69 Å². The van der Waals surface area contributed by atoms with Crippen LogP contribution >= 0.6 is 24.8 Å². The highest BCUT2D eigenvalue weighted by Crippen LogP contribution is 2.18. The lowest BCUT2D eigenvalue weighted by atomic mass is 10.2. The van der Waals surface area contributed by atoms with Crippen LogP contribution in [0.2, 0.25) is 0 Å². The summed E-state index contributed by atoms with van der Waals surface area (Å²) in [6, 6.07) is 8.53. The van der Waals surface area contributed by atoms with E-state index in [1.165, 1.54) is 11.3 Å². The number of nitrogens with two attached hydrogens (primary N) is 1. The van der Waals surface area contributed by atoms with Crippen LogP contribution < -0.4 is 10.6 Å². The largest absolute Gasteiger partial charge is 0.368 e. The summed E-state index contributed by atoms with van der Waals surface area (Å²) in [5.74, 6) is 0.245. The zero-order valence-electron chi connectivity index (χ0n) is 12.5. The SMILES string of the molecule is Cc1cccc(N2CCN(C(=O)CCCN)CC2)c1.Cl.Cl. The molecule has 0 aromatic heterocycles. The molecule has 0 spiro atoms. The topological polar surface area (TPSA) is 49.6 Å². The number of hydrogen-bond donors (Lipinski definition) is 1. The van der Waals surface area contributed by atoms with Gasteiger partial charge in [-0.05, 0) is 37.6 Å². The Morgan fingerprint density at radius 3 is 2.43 bits per heavy atom. The van der Waals surface area contributed by atoms with E-state index in [4.69, 9.17) is 5.73 Å². The zero-order chi connectivity index (χ0) is 13.7. The molecule has 1 fully saturated rings. The monoisotopic (exact) mass is 333 g/mol. The van der Waals surface area contributed by atoms with Gasteiger partial charge in [0.05, 0.1) is 0 Å². The number of nitrogens with zero attached hydrogens (tertiary/aromatic N) is 2. The van der Waals surface area contributed by atoms with E-state index in [1.807, 2.05) is 4.90 Å². The molecule has 0 saturated carbocycles. The van der Waals surface area contributed by atoms with Crippen LogP contribution in [0.1, 0.15) is 18.4 Å². The number of benzene rings is 1. The van der Waals surface area contributed by atoms with Crippen LogP contribution in [-0.4, -0.2) is 43.5 Å². The van der Waals surface area contributed by atoms with Crippen LogP contribution in [0.5, 0.6) is 0 Å². The molecule has 6 heteroatoms. The van der Waals surface area contributed by atoms with Gasteiger partial charge in [0, 0.05) is 38.3 Å². The van der Waals surface area contributed by atoms with Crippen molar-refractivity contribution in [2.75, 3.05) is 37.6 Å². The third-order valence-corrected chi connectivity index (χ3v) is 3.59. The van der Waals surface area contributed by atoms with Crippen molar-refractivity contribution in [3.05, 3.63) is 29.8 Å². The van der Waals surface area contributed by atoms with Gasteiger partial charge in [0.2, 0.25) is 5.91 Å². The minimum Gasteiger partial charge on any atom is -0.368 e. The lowest BCUT2D eigenvalue weighted by Gasteiger charge is -2.36. The molecule has 2 rings (SSSR count). The maximum absolute atomic E-state index is 11.9. The molecule has 21 heavy (non-hydrogen) atoms. The Labute approximate surface area is 139 Å². The third-order valence-electron chi connectivity index (χ3n) is 3.59. The molecule has 120 valence electrons. The second-order valence-corrected chi connectivity index (χ2v) is 5.10. The zero-order valence-corrected chi connectivity index (χ0v) is 14.1. The van der Waals surface area contributed by atoms with E-state index in [-0.39, 0.29) is 30.7 Å². The molecule has 0 radical (unpaired) electrons. The quantitative estimate of drug-likeness (QED) is 0.919. The average Bonchev–Trinajstić information content (AvgIpc) is 2.45. The van der Waals surface area contributed by atoms with Crippen molar-refractivity contribution in [1.82, 2.24) is 4.90 Å². The van der Waals surface area contributed by atoms with E-state index >= 15 is 0 Å². The molecule has 1 aliphatic rings. The highest BCUT2D eigenvalue weighted by atomic mass is 35.5. The second kappa shape index (κ2) is 9.87. The first kappa shape index (κ1) is 20.0. The highest BCUT2D eigenvalue weighted by molar-refractivity contribution is 5.85. The van der Waals surface area contributed by atoms with Crippen LogP contribution in [0, 0.1) is 6.92 Å². The van der Waals surface area contributed by atoms with Gasteiger partial charge in [0.25, 0.3) is 0 Å². The highest BCUT2D eigenvalue weighted by Gasteiger charge is 2.20. The van der Waals surface area contributed by atoms with Gasteiger partial charge in [-0.15, -0.1) is 24.8 Å². The Hall–Kier alpha value is -0.970. The third kappa shape index (κ3) is 5.73. The van der Waals surface area contributed by atoms with Crippen molar-refractivity contribution >= 4 is 36.4 Å². The van der Waals surface area contributed by atoms with E-state index < -0.39 is 0 Å². The second-order valence-electron chi connectivity index (χ2n) is 5.10. The summed E-state index contributed by atoms with van der Waals surface area (Å²) in [5.41, 5.74) is 7.97. The molecular formula is C15H25Cl2N3O. The number of aryl methyl sites for hydroxylation is 1. The van der Waals surface area contributed by atoms with Gasteiger partial charge in [-0.3, -0.25) is 4.79 Å². The van der Waals surface area contributed by atoms with Gasteiger partial charge >= 0.3 is 0 Å². The number of carbonyl (C=O) groups excluding carboxylic acids is 1. The number of rotatable bonds is 4. The van der Waals surface area contributed by atoms with Crippen molar-refractivity contribution in [2.24, 2.45) is 5.73 Å². The number of amides is 1. The lowest BCUT2D eigenvalue weighted by Crippen LogP contribution is -2.48. The molecule has 0 aliphatic carbocycles. The van der Waals surface area contributed by atoms with Gasteiger partial charge in [-0.1, -0.05) is 12.1 Å². The van der Waals surface area contributed by atoms with Crippen molar-refractivity contribution in [2.45, 2.75) is 19.8 Å². The predicted molar refractivity (Wildman–Crippen MR) is 92.8 cm³/mol. The fraction of sp³-hybridized carbons (Fsp3) is 0.533. The van der Waals surface area contributed by atoms with Crippen molar-refractivity contribution in [1.29, 1.82) is 0 Å². The van der Waals surface area contributed by atoms with Crippen LogP contribution in [0.25, 0.3) is 0 Å². The maximum atomic E-state index is 11.9. The van der Waals surface area contributed by atoms with E-state index in [2.05, 4.69) is 36.1 Å². The van der Waals surface area contributed by atoms with Crippen LogP contribution in [-0.2, 0) is 4.79 Å². The lowest BCUT2D eigenvalue weighted by molar-refractivity contribution is -0.131. The van der Waals surface area contributed by atoms with Gasteiger partial charge in [-0.2, -0.15) is 0 Å². The number of carbonyl (C=O) groups is 1. The fourth-order valence-corrected chi connectivity index (χ4v) is 2.45. The molecule has 1 aromatic carbocycles. The summed E-state index contributed by atoms with van der Waals surface area (Å²) in [6.45, 7) is 6.16. The normalized spacial score (nSPS) is 14.2. The minimum absolute atomic E-state index is 0. The summed E-state index contributed by atoms with van der Waals surface area (Å²) >= 11 is 0. The summed E-state index contributed by atoms with van der Waals surface area (Å²) in [4.78, 5) is 16.2. The Morgan fingerprint density at radius 1 is 1.19 bits per heavy atom. The molecule has 1 amide bonds. The Kier molecular flexibility index (Phi) is 9.42. The first-order chi connectivity index (χ1) is 9.20. The molecule has 2 N–H and O–H groups in total. The number of halogens is 2. The maximum Gasteiger partial charge on any atom is 0.222 e. The minimum atomic E-state index is 0. The summed E-state index contributed by atoms with van der Waals surface area (Å²) in [6.07, 6.45) is 1.37. The molecular weight excluding hydrogens is 309 g/mol. The smallest absolute Gasteiger partial charge is 0.222 e. The van der Waals surface area contributed by atoms with Gasteiger partial charge < -0.3 is 15.5 Å². The first-order valence-corrected chi connectivity index (χ1v) is 7.00. The average molecular weight is 334 g/mol. The molecule has 1 heterocycles. The fourth-order valence-electron chi connectivity index (χ4n) is 2.45. The number of hydrogen-bond acceptors (Lipinski definition) is 3. The van der Waals surface area contributed by atoms with E-state index in [9.17, 15) is 4.79 Å². The number of anilines is 1. The first-order valence-electron chi connectivity index (χ1n) is 7.00. The van der Waals surface area contributed by atoms with Crippen LogP contribution in [0.3, 0.4) is 0 Å². The van der Waals surface area contributed by atoms with Crippen molar-refractivity contribution in [3.63, 3.8) is 0 Å². The molecule has 1 aromatic rings. The van der Waals surface area contributed by atoms with Crippen LogP contribution in [0.15, 0.2) is 24.3 Å². The number of piperazine rings is 1. The molecule has 4 nitrogen and oxygen atoms in total. The summed E-state index contributed by atoms with van der Waals surface area (Å²) in [7, 11) is 0. The van der Waals surface area contributed by atoms with E-state index in [0.29, 0.717) is 13.0 Å². The van der Waals surface area contributed by atoms with E-state index in [1.54, 1.807) is 0 Å². The molecule has 1 aliphatic heterocycles. The Bertz CT molecular complexity index is 435. The Balaban J connectivity index is 0.00000200. The Morgan fingerprint density at radius 2 is 1.86 bits per heavy atom. The van der Waals surface area contributed by atoms with Gasteiger partial charge in [0.1, 0.15) is 0 Å². The summed E-state index contributed by atoms with van der Waals surface area (Å²) in [5, 5.41) is 0. The molecule has 0 atom stereocenters. The van der Waals surface area contributed by atoms with Gasteiger partial charge in [0.15, 0.2) is 0 Å². The van der Waals surface area contributed by atoms with Crippen molar-refractivity contribution < 1.29 is 4.79 Å². The molecule has 1 saturated heterocycles. The predicted octanol–water partition coefficient (Wildman–Crippen LogP) is 2.23. The molecule has 0 bridgehead atoms. The van der Waals surface area contributed by atoms with Crippen molar-refractivity contribution in [3.8, 4) is 0 Å². The summed E-state index contributed by atoms with van der Waals surface area (Å²) < 4.78 is 0. The molecule has 0 unspecified atom stereocenters. The van der Waals surface area contributed by atoms with Gasteiger partial charge in [-0.25, -0.2) is 0 Å². The standard InChI is InChI=1S/C15H23N3O.2ClH/c1-13-4-2-5-14(12-13)17-8-10-18(11-9-17)15(19)6-3-7-16;;/h2,4-5,12H,3,6-11,16H2,1H3;2*1H.